The number of aliphatic hydroxyl groups excluding tert-OH is 1. The molecule has 1 fully saturated rings. The highest BCUT2D eigenvalue weighted by molar-refractivity contribution is 7.97. The smallest absolute Gasteiger partial charge is 0.338 e. The number of hydrogen-bond donors (Lipinski definition) is 1. The Kier molecular flexibility index (Phi) is 6.68. The Morgan fingerprint density at radius 2 is 1.96 bits per heavy atom. The summed E-state index contributed by atoms with van der Waals surface area (Å²) in [7, 11) is 3.90. The SMILES string of the molecule is CN(C)Sc1ccc(N2CCOC(C(O)C(=O)OC(C)(C)C)C2=O)cc1. The van der Waals surface area contributed by atoms with E-state index in [1.54, 1.807) is 32.7 Å². The summed E-state index contributed by atoms with van der Waals surface area (Å²) in [6.45, 7) is 5.67. The molecule has 0 aliphatic carbocycles. The standard InChI is InChI=1S/C18H26N2O5S/c1-18(2,3)25-17(23)14(21)15-16(22)20(10-11-24-15)12-6-8-13(9-7-12)26-19(4)5/h6-9,14-15,21H,10-11H2,1-5H3. The van der Waals surface area contributed by atoms with E-state index in [2.05, 4.69) is 0 Å². The van der Waals surface area contributed by atoms with Crippen molar-refractivity contribution in [1.29, 1.82) is 0 Å². The third-order valence-electron chi connectivity index (χ3n) is 3.49. The third kappa shape index (κ3) is 5.44. The quantitative estimate of drug-likeness (QED) is 0.613. The van der Waals surface area contributed by atoms with Gasteiger partial charge in [0, 0.05) is 17.1 Å². The Morgan fingerprint density at radius 3 is 2.50 bits per heavy atom. The van der Waals surface area contributed by atoms with Crippen molar-refractivity contribution in [3.05, 3.63) is 24.3 Å². The van der Waals surface area contributed by atoms with Gasteiger partial charge in [0.2, 0.25) is 0 Å². The number of nitrogens with zero attached hydrogens (tertiary/aromatic N) is 2. The van der Waals surface area contributed by atoms with Gasteiger partial charge in [-0.25, -0.2) is 4.79 Å². The number of morpholine rings is 1. The van der Waals surface area contributed by atoms with Gasteiger partial charge in [0.1, 0.15) is 5.60 Å². The largest absolute Gasteiger partial charge is 0.458 e. The van der Waals surface area contributed by atoms with Crippen LogP contribution in [0.3, 0.4) is 0 Å². The van der Waals surface area contributed by atoms with Crippen LogP contribution in [0.2, 0.25) is 0 Å². The molecule has 2 unspecified atom stereocenters. The summed E-state index contributed by atoms with van der Waals surface area (Å²) >= 11 is 1.57. The van der Waals surface area contributed by atoms with E-state index in [-0.39, 0.29) is 6.61 Å². The van der Waals surface area contributed by atoms with Gasteiger partial charge in [-0.15, -0.1) is 0 Å². The van der Waals surface area contributed by atoms with Crippen molar-refractivity contribution in [3.63, 3.8) is 0 Å². The first kappa shape index (κ1) is 20.7. The zero-order valence-corrected chi connectivity index (χ0v) is 16.6. The molecule has 1 aromatic rings. The second kappa shape index (κ2) is 8.39. The van der Waals surface area contributed by atoms with E-state index in [9.17, 15) is 14.7 Å². The topological polar surface area (TPSA) is 79.3 Å². The van der Waals surface area contributed by atoms with E-state index in [0.29, 0.717) is 12.2 Å². The molecule has 0 saturated carbocycles. The van der Waals surface area contributed by atoms with Crippen LogP contribution in [0.1, 0.15) is 20.8 Å². The molecule has 1 N–H and O–H groups in total. The van der Waals surface area contributed by atoms with E-state index in [1.165, 1.54) is 4.90 Å². The second-order valence-corrected chi connectivity index (χ2v) is 8.54. The molecule has 0 radical (unpaired) electrons. The zero-order valence-electron chi connectivity index (χ0n) is 15.8. The minimum Gasteiger partial charge on any atom is -0.458 e. The van der Waals surface area contributed by atoms with Gasteiger partial charge in [0.15, 0.2) is 12.2 Å². The summed E-state index contributed by atoms with van der Waals surface area (Å²) in [5.74, 6) is -1.32. The maximum Gasteiger partial charge on any atom is 0.338 e. The van der Waals surface area contributed by atoms with Gasteiger partial charge in [-0.05, 0) is 71.1 Å². The number of aliphatic hydroxyl groups is 1. The highest BCUT2D eigenvalue weighted by atomic mass is 32.2. The highest BCUT2D eigenvalue weighted by Crippen LogP contribution is 2.26. The Bertz CT molecular complexity index is 642. The van der Waals surface area contributed by atoms with Gasteiger partial charge in [0.05, 0.1) is 6.61 Å². The van der Waals surface area contributed by atoms with Crippen LogP contribution in [0.4, 0.5) is 5.69 Å². The molecule has 0 aromatic heterocycles. The lowest BCUT2D eigenvalue weighted by molar-refractivity contribution is -0.177. The van der Waals surface area contributed by atoms with Crippen molar-refractivity contribution in [1.82, 2.24) is 4.31 Å². The fourth-order valence-electron chi connectivity index (χ4n) is 2.47. The number of amides is 1. The van der Waals surface area contributed by atoms with Gasteiger partial charge < -0.3 is 19.5 Å². The summed E-state index contributed by atoms with van der Waals surface area (Å²) in [4.78, 5) is 27.3. The zero-order chi connectivity index (χ0) is 19.5. The normalized spacial score (nSPS) is 19.6. The van der Waals surface area contributed by atoms with Crippen molar-refractivity contribution in [2.75, 3.05) is 32.1 Å². The Balaban J connectivity index is 2.10. The molecule has 1 aliphatic heterocycles. The van der Waals surface area contributed by atoms with Crippen LogP contribution in [0.25, 0.3) is 0 Å². The van der Waals surface area contributed by atoms with Gasteiger partial charge in [-0.2, -0.15) is 0 Å². The molecular formula is C18H26N2O5S. The molecule has 2 atom stereocenters. The molecule has 1 aromatic carbocycles. The summed E-state index contributed by atoms with van der Waals surface area (Å²) in [5, 5.41) is 10.2. The minimum atomic E-state index is -1.66. The fraction of sp³-hybridized carbons (Fsp3) is 0.556. The first-order valence-electron chi connectivity index (χ1n) is 8.38. The van der Waals surface area contributed by atoms with E-state index in [1.807, 2.05) is 42.7 Å². The van der Waals surface area contributed by atoms with Crippen LogP contribution in [0, 0.1) is 0 Å². The van der Waals surface area contributed by atoms with Crippen molar-refractivity contribution < 1.29 is 24.2 Å². The predicted octanol–water partition coefficient (Wildman–Crippen LogP) is 1.69. The third-order valence-corrected chi connectivity index (χ3v) is 4.34. The van der Waals surface area contributed by atoms with Gasteiger partial charge >= 0.3 is 5.97 Å². The summed E-state index contributed by atoms with van der Waals surface area (Å²) in [6.07, 6.45) is -2.93. The van der Waals surface area contributed by atoms with E-state index < -0.39 is 29.7 Å². The maximum atomic E-state index is 12.7. The molecule has 2 rings (SSSR count). The molecule has 1 saturated heterocycles. The number of rotatable bonds is 5. The molecule has 144 valence electrons. The number of esters is 1. The van der Waals surface area contributed by atoms with E-state index >= 15 is 0 Å². The number of carbonyl (C=O) groups excluding carboxylic acids is 2. The predicted molar refractivity (Wildman–Crippen MR) is 99.9 cm³/mol. The number of anilines is 1. The average Bonchev–Trinajstić information content (AvgIpc) is 2.53. The maximum absolute atomic E-state index is 12.7. The first-order chi connectivity index (χ1) is 12.1. The van der Waals surface area contributed by atoms with Gasteiger partial charge in [0.25, 0.3) is 5.91 Å². The van der Waals surface area contributed by atoms with Gasteiger partial charge in [-0.3, -0.25) is 9.10 Å². The number of carbonyl (C=O) groups is 2. The monoisotopic (exact) mass is 382 g/mol. The first-order valence-corrected chi connectivity index (χ1v) is 9.15. The Hall–Kier alpha value is -1.61. The molecule has 0 bridgehead atoms. The Morgan fingerprint density at radius 1 is 1.35 bits per heavy atom. The molecule has 1 heterocycles. The molecule has 26 heavy (non-hydrogen) atoms. The lowest BCUT2D eigenvalue weighted by atomic mass is 10.1. The lowest BCUT2D eigenvalue weighted by Crippen LogP contribution is -2.55. The molecule has 7 nitrogen and oxygen atoms in total. The second-order valence-electron chi connectivity index (χ2n) is 7.16. The van der Waals surface area contributed by atoms with Crippen molar-refractivity contribution in [2.24, 2.45) is 0 Å². The van der Waals surface area contributed by atoms with Crippen LogP contribution >= 0.6 is 11.9 Å². The van der Waals surface area contributed by atoms with Crippen LogP contribution in [-0.4, -0.2) is 66.3 Å². The number of ether oxygens (including phenoxy) is 2. The van der Waals surface area contributed by atoms with Crippen molar-refractivity contribution in [3.8, 4) is 0 Å². The highest BCUT2D eigenvalue weighted by Gasteiger charge is 2.41. The lowest BCUT2D eigenvalue weighted by Gasteiger charge is -2.34. The summed E-state index contributed by atoms with van der Waals surface area (Å²) < 4.78 is 12.5. The van der Waals surface area contributed by atoms with Gasteiger partial charge in [-0.1, -0.05) is 0 Å². The average molecular weight is 382 g/mol. The number of hydrogen-bond acceptors (Lipinski definition) is 7. The summed E-state index contributed by atoms with van der Waals surface area (Å²) in [5.41, 5.74) is -0.0575. The van der Waals surface area contributed by atoms with Crippen LogP contribution in [0.15, 0.2) is 29.2 Å². The van der Waals surface area contributed by atoms with Crippen LogP contribution in [-0.2, 0) is 19.1 Å². The molecule has 0 spiro atoms. The number of benzene rings is 1. The van der Waals surface area contributed by atoms with Crippen LogP contribution < -0.4 is 4.90 Å². The molecule has 1 amide bonds. The molecule has 8 heteroatoms. The fourth-order valence-corrected chi connectivity index (χ4v) is 3.15. The van der Waals surface area contributed by atoms with Crippen LogP contribution in [0.5, 0.6) is 0 Å². The molecular weight excluding hydrogens is 356 g/mol. The summed E-state index contributed by atoms with van der Waals surface area (Å²) in [6, 6.07) is 7.52. The van der Waals surface area contributed by atoms with Crippen molar-refractivity contribution in [2.45, 2.75) is 43.5 Å². The van der Waals surface area contributed by atoms with E-state index in [4.69, 9.17) is 9.47 Å². The molecule has 1 aliphatic rings. The Labute approximate surface area is 158 Å². The minimum absolute atomic E-state index is 0.227. The van der Waals surface area contributed by atoms with Crippen molar-refractivity contribution >= 4 is 29.5 Å². The van der Waals surface area contributed by atoms with E-state index in [0.717, 1.165) is 4.90 Å².